The number of quaternary nitrogens is 1. The van der Waals surface area contributed by atoms with E-state index in [1.807, 2.05) is 49.5 Å². The molecular weight excluding hydrogens is 363 g/mol. The highest BCUT2D eigenvalue weighted by Crippen LogP contribution is 2.11. The number of hydrogen-bond acceptors (Lipinski definition) is 1. The maximum absolute atomic E-state index is 12.0. The standard InChI is InChI=1S/C16H17IN2O/c1-19(11-13-6-3-2-4-7-13)12-16(20)18-15-9-5-8-14(17)10-15/h2-10H,11-12H2,1H3,(H,18,20)/p+1. The fourth-order valence-corrected chi connectivity index (χ4v) is 2.60. The number of amides is 1. The quantitative estimate of drug-likeness (QED) is 0.763. The predicted octanol–water partition coefficient (Wildman–Crippen LogP) is 1.94. The molecule has 2 aromatic carbocycles. The van der Waals surface area contributed by atoms with Gasteiger partial charge in [-0.15, -0.1) is 0 Å². The molecule has 0 saturated carbocycles. The second-order valence-corrected chi connectivity index (χ2v) is 6.10. The van der Waals surface area contributed by atoms with Crippen LogP contribution in [-0.4, -0.2) is 19.5 Å². The molecule has 0 radical (unpaired) electrons. The Hall–Kier alpha value is -1.40. The zero-order valence-corrected chi connectivity index (χ0v) is 13.6. The molecule has 0 aromatic heterocycles. The van der Waals surface area contributed by atoms with Crippen LogP contribution in [0.4, 0.5) is 5.69 Å². The predicted molar refractivity (Wildman–Crippen MR) is 89.7 cm³/mol. The summed E-state index contributed by atoms with van der Waals surface area (Å²) in [6.07, 6.45) is 0. The van der Waals surface area contributed by atoms with Gasteiger partial charge in [-0.25, -0.2) is 0 Å². The highest BCUT2D eigenvalue weighted by Gasteiger charge is 2.10. The van der Waals surface area contributed by atoms with Gasteiger partial charge in [0.2, 0.25) is 0 Å². The van der Waals surface area contributed by atoms with Gasteiger partial charge in [-0.05, 0) is 40.8 Å². The molecule has 2 rings (SSSR count). The summed E-state index contributed by atoms with van der Waals surface area (Å²) in [5, 5.41) is 2.93. The van der Waals surface area contributed by atoms with Gasteiger partial charge in [0, 0.05) is 14.8 Å². The number of carbonyl (C=O) groups excluding carboxylic acids is 1. The lowest BCUT2D eigenvalue weighted by Crippen LogP contribution is -3.08. The van der Waals surface area contributed by atoms with Gasteiger partial charge in [0.25, 0.3) is 5.91 Å². The molecule has 20 heavy (non-hydrogen) atoms. The maximum atomic E-state index is 12.0. The summed E-state index contributed by atoms with van der Waals surface area (Å²) in [6.45, 7) is 1.31. The first-order valence-electron chi connectivity index (χ1n) is 6.54. The molecule has 1 amide bonds. The average Bonchev–Trinajstić information content (AvgIpc) is 2.39. The van der Waals surface area contributed by atoms with Crippen molar-refractivity contribution in [2.24, 2.45) is 0 Å². The number of hydrogen-bond donors (Lipinski definition) is 2. The Morgan fingerprint density at radius 1 is 1.15 bits per heavy atom. The number of anilines is 1. The van der Waals surface area contributed by atoms with Gasteiger partial charge in [-0.1, -0.05) is 36.4 Å². The molecule has 104 valence electrons. The lowest BCUT2D eigenvalue weighted by Gasteiger charge is -2.14. The number of likely N-dealkylation sites (N-methyl/N-ethyl adjacent to an activating group) is 1. The highest BCUT2D eigenvalue weighted by molar-refractivity contribution is 14.1. The Labute approximate surface area is 133 Å². The first-order chi connectivity index (χ1) is 9.63. The monoisotopic (exact) mass is 381 g/mol. The molecule has 2 N–H and O–H groups in total. The summed E-state index contributed by atoms with van der Waals surface area (Å²) in [5.41, 5.74) is 2.10. The van der Waals surface area contributed by atoms with Crippen molar-refractivity contribution in [3.05, 3.63) is 63.7 Å². The van der Waals surface area contributed by atoms with Crippen LogP contribution in [0.2, 0.25) is 0 Å². The summed E-state index contributed by atoms with van der Waals surface area (Å²) >= 11 is 2.24. The lowest BCUT2D eigenvalue weighted by molar-refractivity contribution is -0.885. The molecule has 0 aliphatic heterocycles. The van der Waals surface area contributed by atoms with Crippen LogP contribution >= 0.6 is 22.6 Å². The first-order valence-corrected chi connectivity index (χ1v) is 7.62. The number of nitrogens with one attached hydrogen (secondary N) is 2. The van der Waals surface area contributed by atoms with Crippen molar-refractivity contribution in [1.82, 2.24) is 0 Å². The van der Waals surface area contributed by atoms with E-state index in [0.717, 1.165) is 15.8 Å². The van der Waals surface area contributed by atoms with Crippen LogP contribution in [0.3, 0.4) is 0 Å². The average molecular weight is 381 g/mol. The van der Waals surface area contributed by atoms with Crippen LogP contribution in [-0.2, 0) is 11.3 Å². The summed E-state index contributed by atoms with van der Waals surface area (Å²) in [6, 6.07) is 18.0. The van der Waals surface area contributed by atoms with Crippen LogP contribution in [0, 0.1) is 3.57 Å². The van der Waals surface area contributed by atoms with E-state index in [-0.39, 0.29) is 5.91 Å². The normalized spacial score (nSPS) is 11.9. The van der Waals surface area contributed by atoms with Crippen LogP contribution in [0.1, 0.15) is 5.56 Å². The largest absolute Gasteiger partial charge is 0.326 e. The smallest absolute Gasteiger partial charge is 0.279 e. The minimum Gasteiger partial charge on any atom is -0.326 e. The number of carbonyl (C=O) groups is 1. The topological polar surface area (TPSA) is 33.5 Å². The van der Waals surface area contributed by atoms with Crippen LogP contribution in [0.5, 0.6) is 0 Å². The van der Waals surface area contributed by atoms with Crippen molar-refractivity contribution >= 4 is 34.2 Å². The Bertz CT molecular complexity index is 572. The van der Waals surface area contributed by atoms with Crippen LogP contribution in [0.15, 0.2) is 54.6 Å². The minimum absolute atomic E-state index is 0.0421. The molecule has 0 heterocycles. The first kappa shape index (κ1) is 15.0. The second-order valence-electron chi connectivity index (χ2n) is 4.85. The Kier molecular flexibility index (Phi) is 5.55. The van der Waals surface area contributed by atoms with Gasteiger partial charge in [0.1, 0.15) is 6.54 Å². The van der Waals surface area contributed by atoms with Gasteiger partial charge < -0.3 is 10.2 Å². The van der Waals surface area contributed by atoms with Gasteiger partial charge in [-0.2, -0.15) is 0 Å². The molecule has 1 unspecified atom stereocenters. The molecule has 2 aromatic rings. The van der Waals surface area contributed by atoms with E-state index in [1.54, 1.807) is 0 Å². The number of rotatable bonds is 5. The molecular formula is C16H18IN2O+. The molecule has 4 heteroatoms. The Balaban J connectivity index is 1.85. The van der Waals surface area contributed by atoms with E-state index in [9.17, 15) is 4.79 Å². The molecule has 3 nitrogen and oxygen atoms in total. The lowest BCUT2D eigenvalue weighted by atomic mass is 10.2. The molecule has 0 aliphatic carbocycles. The molecule has 0 bridgehead atoms. The summed E-state index contributed by atoms with van der Waals surface area (Å²) in [5.74, 6) is 0.0421. The van der Waals surface area contributed by atoms with Gasteiger partial charge in [0.05, 0.1) is 7.05 Å². The third kappa shape index (κ3) is 4.94. The van der Waals surface area contributed by atoms with E-state index in [0.29, 0.717) is 6.54 Å². The highest BCUT2D eigenvalue weighted by atomic mass is 127. The van der Waals surface area contributed by atoms with E-state index >= 15 is 0 Å². The van der Waals surface area contributed by atoms with Crippen molar-refractivity contribution in [3.63, 3.8) is 0 Å². The Morgan fingerprint density at radius 3 is 2.60 bits per heavy atom. The molecule has 0 saturated heterocycles. The van der Waals surface area contributed by atoms with Crippen molar-refractivity contribution in [2.45, 2.75) is 6.54 Å². The van der Waals surface area contributed by atoms with Gasteiger partial charge >= 0.3 is 0 Å². The van der Waals surface area contributed by atoms with Crippen molar-refractivity contribution in [3.8, 4) is 0 Å². The van der Waals surface area contributed by atoms with Crippen LogP contribution < -0.4 is 10.2 Å². The maximum Gasteiger partial charge on any atom is 0.279 e. The summed E-state index contributed by atoms with van der Waals surface area (Å²) < 4.78 is 1.12. The second kappa shape index (κ2) is 7.40. The van der Waals surface area contributed by atoms with Gasteiger partial charge in [0.15, 0.2) is 6.54 Å². The summed E-state index contributed by atoms with van der Waals surface area (Å²) in [4.78, 5) is 13.2. The SMILES string of the molecule is C[NH+](CC(=O)Nc1cccc(I)c1)Cc1ccccc1. The number of halogens is 1. The minimum atomic E-state index is 0.0421. The van der Waals surface area contributed by atoms with Crippen LogP contribution in [0.25, 0.3) is 0 Å². The third-order valence-electron chi connectivity index (χ3n) is 2.92. The molecule has 0 fully saturated rings. The Morgan fingerprint density at radius 2 is 1.90 bits per heavy atom. The number of benzene rings is 2. The van der Waals surface area contributed by atoms with Crippen molar-refractivity contribution in [2.75, 3.05) is 18.9 Å². The molecule has 0 spiro atoms. The van der Waals surface area contributed by atoms with E-state index in [2.05, 4.69) is 40.0 Å². The summed E-state index contributed by atoms with van der Waals surface area (Å²) in [7, 11) is 2.03. The third-order valence-corrected chi connectivity index (χ3v) is 3.59. The van der Waals surface area contributed by atoms with E-state index in [1.165, 1.54) is 10.5 Å². The zero-order chi connectivity index (χ0) is 14.4. The fourth-order valence-electron chi connectivity index (χ4n) is 2.05. The van der Waals surface area contributed by atoms with E-state index in [4.69, 9.17) is 0 Å². The van der Waals surface area contributed by atoms with E-state index < -0.39 is 0 Å². The fraction of sp³-hybridized carbons (Fsp3) is 0.188. The molecule has 0 aliphatic rings. The van der Waals surface area contributed by atoms with Crippen molar-refractivity contribution < 1.29 is 9.69 Å². The zero-order valence-electron chi connectivity index (χ0n) is 11.4. The van der Waals surface area contributed by atoms with Gasteiger partial charge in [-0.3, -0.25) is 4.79 Å². The molecule has 1 atom stereocenters. The van der Waals surface area contributed by atoms with Crippen molar-refractivity contribution in [1.29, 1.82) is 0 Å².